The van der Waals surface area contributed by atoms with Crippen molar-refractivity contribution >= 4 is 5.78 Å². The summed E-state index contributed by atoms with van der Waals surface area (Å²) in [6.07, 6.45) is 7.37. The molecule has 0 aliphatic carbocycles. The van der Waals surface area contributed by atoms with Gasteiger partial charge in [-0.1, -0.05) is 6.92 Å². The first-order valence-corrected chi connectivity index (χ1v) is 5.82. The molecule has 0 unspecified atom stereocenters. The van der Waals surface area contributed by atoms with Gasteiger partial charge in [0.1, 0.15) is 5.75 Å². The molecule has 0 aromatic carbocycles. The first-order chi connectivity index (χ1) is 8.72. The number of imidazole rings is 1. The molecule has 0 atom stereocenters. The van der Waals surface area contributed by atoms with E-state index in [4.69, 9.17) is 4.74 Å². The minimum absolute atomic E-state index is 0.156. The molecule has 0 bridgehead atoms. The molecule has 94 valence electrons. The van der Waals surface area contributed by atoms with Crippen molar-refractivity contribution in [2.75, 3.05) is 6.61 Å². The number of aromatic nitrogens is 3. The molecule has 0 N–H and O–H groups in total. The van der Waals surface area contributed by atoms with Crippen molar-refractivity contribution in [1.82, 2.24) is 14.5 Å². The average molecular weight is 245 g/mol. The second-order valence-electron chi connectivity index (χ2n) is 3.95. The fourth-order valence-electron chi connectivity index (χ4n) is 1.56. The number of carbonyl (C=O) groups is 1. The first-order valence-electron chi connectivity index (χ1n) is 5.82. The van der Waals surface area contributed by atoms with Gasteiger partial charge in [-0.2, -0.15) is 0 Å². The molecule has 0 fully saturated rings. The van der Waals surface area contributed by atoms with Gasteiger partial charge in [0.15, 0.2) is 5.82 Å². The van der Waals surface area contributed by atoms with Crippen LogP contribution in [0.5, 0.6) is 5.75 Å². The van der Waals surface area contributed by atoms with Crippen LogP contribution in [-0.4, -0.2) is 26.9 Å². The zero-order valence-corrected chi connectivity index (χ0v) is 10.5. The van der Waals surface area contributed by atoms with Crippen LogP contribution >= 0.6 is 0 Å². The van der Waals surface area contributed by atoms with Crippen LogP contribution in [0.25, 0.3) is 0 Å². The van der Waals surface area contributed by atoms with Crippen molar-refractivity contribution in [3.8, 4) is 5.75 Å². The average Bonchev–Trinajstić information content (AvgIpc) is 2.82. The number of carbonyl (C=O) groups excluding carboxylic acids is 1. The molecule has 2 aromatic heterocycles. The van der Waals surface area contributed by atoms with Crippen LogP contribution in [0.15, 0.2) is 30.9 Å². The van der Waals surface area contributed by atoms with Gasteiger partial charge in [0.25, 0.3) is 0 Å². The zero-order chi connectivity index (χ0) is 13.0. The third-order valence-electron chi connectivity index (χ3n) is 2.47. The van der Waals surface area contributed by atoms with E-state index in [0.717, 1.165) is 6.42 Å². The number of nitrogens with zero attached hydrogens (tertiary/aromatic N) is 3. The molecule has 0 spiro atoms. The molecule has 2 rings (SSSR count). The summed E-state index contributed by atoms with van der Waals surface area (Å²) in [7, 11) is 1.78. The van der Waals surface area contributed by atoms with Crippen molar-refractivity contribution in [1.29, 1.82) is 0 Å². The van der Waals surface area contributed by atoms with E-state index in [0.29, 0.717) is 23.7 Å². The summed E-state index contributed by atoms with van der Waals surface area (Å²) >= 11 is 0. The number of aryl methyl sites for hydroxylation is 1. The molecule has 0 saturated carbocycles. The zero-order valence-electron chi connectivity index (χ0n) is 10.5. The van der Waals surface area contributed by atoms with Crippen LogP contribution in [0.4, 0.5) is 0 Å². The maximum Gasteiger partial charge on any atom is 0.230 e. The van der Waals surface area contributed by atoms with E-state index in [2.05, 4.69) is 9.97 Å². The maximum absolute atomic E-state index is 12.2. The number of ether oxygens (including phenoxy) is 1. The summed E-state index contributed by atoms with van der Waals surface area (Å²) in [6, 6.07) is 1.69. The first kappa shape index (κ1) is 12.3. The van der Waals surface area contributed by atoms with Crippen LogP contribution in [0.1, 0.15) is 29.5 Å². The Labute approximate surface area is 105 Å². The molecule has 2 aromatic rings. The smallest absolute Gasteiger partial charge is 0.230 e. The standard InChI is InChI=1S/C13H15N3O2/c1-3-6-18-11-7-10(8-14-9-11)12(17)13-15-4-5-16(13)2/h4-5,7-9H,3,6H2,1-2H3. The lowest BCUT2D eigenvalue weighted by Crippen LogP contribution is -2.09. The number of hydrogen-bond donors (Lipinski definition) is 0. The number of pyridine rings is 1. The third kappa shape index (κ3) is 2.56. The third-order valence-corrected chi connectivity index (χ3v) is 2.47. The monoisotopic (exact) mass is 245 g/mol. The van der Waals surface area contributed by atoms with Crippen LogP contribution in [0.3, 0.4) is 0 Å². The van der Waals surface area contributed by atoms with Crippen LogP contribution in [0.2, 0.25) is 0 Å². The Kier molecular flexibility index (Phi) is 3.72. The second-order valence-corrected chi connectivity index (χ2v) is 3.95. The molecule has 2 heterocycles. The minimum Gasteiger partial charge on any atom is -0.492 e. The van der Waals surface area contributed by atoms with E-state index in [-0.39, 0.29) is 5.78 Å². The Morgan fingerprint density at radius 2 is 2.28 bits per heavy atom. The molecule has 0 saturated heterocycles. The van der Waals surface area contributed by atoms with E-state index >= 15 is 0 Å². The van der Waals surface area contributed by atoms with E-state index < -0.39 is 0 Å². The summed E-state index contributed by atoms with van der Waals surface area (Å²) < 4.78 is 7.13. The molecule has 5 heteroatoms. The van der Waals surface area contributed by atoms with E-state index in [9.17, 15) is 4.79 Å². The fraction of sp³-hybridized carbons (Fsp3) is 0.308. The predicted octanol–water partition coefficient (Wildman–Crippen LogP) is 1.83. The highest BCUT2D eigenvalue weighted by Crippen LogP contribution is 2.14. The van der Waals surface area contributed by atoms with E-state index in [1.807, 2.05) is 6.92 Å². The van der Waals surface area contributed by atoms with Gasteiger partial charge in [-0.3, -0.25) is 9.78 Å². The fourth-order valence-corrected chi connectivity index (χ4v) is 1.56. The van der Waals surface area contributed by atoms with Gasteiger partial charge < -0.3 is 9.30 Å². The highest BCUT2D eigenvalue weighted by atomic mass is 16.5. The molecule has 18 heavy (non-hydrogen) atoms. The van der Waals surface area contributed by atoms with E-state index in [1.54, 1.807) is 36.3 Å². The highest BCUT2D eigenvalue weighted by molar-refractivity contribution is 6.06. The SMILES string of the molecule is CCCOc1cncc(C(=O)c2nccn2C)c1. The Bertz CT molecular complexity index is 549. The van der Waals surface area contributed by atoms with Crippen molar-refractivity contribution < 1.29 is 9.53 Å². The van der Waals surface area contributed by atoms with Crippen molar-refractivity contribution in [3.63, 3.8) is 0 Å². The summed E-state index contributed by atoms with van der Waals surface area (Å²) in [4.78, 5) is 20.2. The van der Waals surface area contributed by atoms with Gasteiger partial charge in [-0.05, 0) is 12.5 Å². The largest absolute Gasteiger partial charge is 0.492 e. The van der Waals surface area contributed by atoms with Crippen molar-refractivity contribution in [3.05, 3.63) is 42.2 Å². The Balaban J connectivity index is 2.23. The second kappa shape index (κ2) is 5.44. The molecular formula is C13H15N3O2. The predicted molar refractivity (Wildman–Crippen MR) is 66.7 cm³/mol. The van der Waals surface area contributed by atoms with E-state index in [1.165, 1.54) is 6.20 Å². The van der Waals surface area contributed by atoms with Crippen molar-refractivity contribution in [2.45, 2.75) is 13.3 Å². The Hall–Kier alpha value is -2.17. The normalized spacial score (nSPS) is 10.3. The molecule has 0 amide bonds. The van der Waals surface area contributed by atoms with Gasteiger partial charge in [0.2, 0.25) is 5.78 Å². The van der Waals surface area contributed by atoms with Crippen molar-refractivity contribution in [2.24, 2.45) is 7.05 Å². The van der Waals surface area contributed by atoms with Gasteiger partial charge in [-0.15, -0.1) is 0 Å². The summed E-state index contributed by atoms with van der Waals surface area (Å²) in [5.41, 5.74) is 0.484. The minimum atomic E-state index is -0.156. The van der Waals surface area contributed by atoms with Crippen LogP contribution in [0, 0.1) is 0 Å². The maximum atomic E-state index is 12.2. The number of ketones is 1. The number of hydrogen-bond acceptors (Lipinski definition) is 4. The molecular weight excluding hydrogens is 230 g/mol. The molecule has 5 nitrogen and oxygen atoms in total. The van der Waals surface area contributed by atoms with Gasteiger partial charge in [-0.25, -0.2) is 4.98 Å². The molecule has 0 radical (unpaired) electrons. The summed E-state index contributed by atoms with van der Waals surface area (Å²) in [6.45, 7) is 2.64. The highest BCUT2D eigenvalue weighted by Gasteiger charge is 2.14. The van der Waals surface area contributed by atoms with Gasteiger partial charge >= 0.3 is 0 Å². The lowest BCUT2D eigenvalue weighted by Gasteiger charge is -2.05. The van der Waals surface area contributed by atoms with Gasteiger partial charge in [0.05, 0.1) is 12.8 Å². The molecule has 0 aliphatic heterocycles. The Morgan fingerprint density at radius 3 is 2.94 bits per heavy atom. The quantitative estimate of drug-likeness (QED) is 0.754. The Morgan fingerprint density at radius 1 is 1.44 bits per heavy atom. The molecule has 0 aliphatic rings. The van der Waals surface area contributed by atoms with Crippen LogP contribution in [-0.2, 0) is 7.05 Å². The summed E-state index contributed by atoms with van der Waals surface area (Å²) in [5.74, 6) is 0.846. The topological polar surface area (TPSA) is 57.0 Å². The lowest BCUT2D eigenvalue weighted by molar-refractivity contribution is 0.102. The van der Waals surface area contributed by atoms with Crippen LogP contribution < -0.4 is 4.74 Å². The summed E-state index contributed by atoms with van der Waals surface area (Å²) in [5, 5.41) is 0. The number of rotatable bonds is 5. The lowest BCUT2D eigenvalue weighted by atomic mass is 10.2. The van der Waals surface area contributed by atoms with Gasteiger partial charge in [0, 0.05) is 31.2 Å².